The third kappa shape index (κ3) is 3.88. The van der Waals surface area contributed by atoms with Crippen LogP contribution in [0.25, 0.3) is 0 Å². The smallest absolute Gasteiger partial charge is 0.145 e. The summed E-state index contributed by atoms with van der Waals surface area (Å²) in [6, 6.07) is 12.2. The van der Waals surface area contributed by atoms with E-state index in [1.165, 1.54) is 6.07 Å². The minimum atomic E-state index is -0.506. The molecule has 98 valence electrons. The first-order chi connectivity index (χ1) is 9.06. The minimum Gasteiger partial charge on any atom is -0.299 e. The van der Waals surface area contributed by atoms with Crippen molar-refractivity contribution < 1.29 is 9.18 Å². The fraction of sp³-hybridized carbons (Fsp3) is 0.133. The van der Waals surface area contributed by atoms with Crippen LogP contribution in [0.2, 0.25) is 5.02 Å². The standard InChI is InChI=1S/C15H11BrClFO/c16-12-6-4-10(5-7-12)8-13(19)9-11-2-1-3-14(17)15(11)18/h1-7H,8-9H2. The van der Waals surface area contributed by atoms with Crippen LogP contribution in [0.15, 0.2) is 46.9 Å². The van der Waals surface area contributed by atoms with Gasteiger partial charge in [0.2, 0.25) is 0 Å². The van der Waals surface area contributed by atoms with Crippen LogP contribution in [-0.4, -0.2) is 5.78 Å². The normalized spacial score (nSPS) is 10.5. The lowest BCUT2D eigenvalue weighted by atomic mass is 10.0. The molecule has 0 amide bonds. The molecule has 2 rings (SSSR count). The second-order valence-corrected chi connectivity index (χ2v) is 5.55. The summed E-state index contributed by atoms with van der Waals surface area (Å²) in [4.78, 5) is 11.9. The molecule has 1 nitrogen and oxygen atoms in total. The predicted octanol–water partition coefficient (Wildman–Crippen LogP) is 4.60. The van der Waals surface area contributed by atoms with Gasteiger partial charge in [0.1, 0.15) is 11.6 Å². The van der Waals surface area contributed by atoms with Gasteiger partial charge in [0.15, 0.2) is 0 Å². The summed E-state index contributed by atoms with van der Waals surface area (Å²) in [6.45, 7) is 0. The van der Waals surface area contributed by atoms with E-state index in [-0.39, 0.29) is 17.2 Å². The predicted molar refractivity (Wildman–Crippen MR) is 78.0 cm³/mol. The van der Waals surface area contributed by atoms with Crippen molar-refractivity contribution >= 4 is 33.3 Å². The average molecular weight is 342 g/mol. The van der Waals surface area contributed by atoms with Crippen LogP contribution in [0, 0.1) is 5.82 Å². The largest absolute Gasteiger partial charge is 0.299 e. The van der Waals surface area contributed by atoms with E-state index in [1.54, 1.807) is 12.1 Å². The number of carbonyl (C=O) groups excluding carboxylic acids is 1. The molecule has 0 bridgehead atoms. The number of benzene rings is 2. The summed E-state index contributed by atoms with van der Waals surface area (Å²) in [5.41, 5.74) is 1.25. The third-order valence-corrected chi connectivity index (χ3v) is 3.55. The Bertz CT molecular complexity index is 596. The lowest BCUT2D eigenvalue weighted by Gasteiger charge is -2.04. The number of rotatable bonds is 4. The van der Waals surface area contributed by atoms with Crippen LogP contribution in [0.3, 0.4) is 0 Å². The Balaban J connectivity index is 2.05. The summed E-state index contributed by atoms with van der Waals surface area (Å²) in [5.74, 6) is -0.545. The van der Waals surface area contributed by atoms with Crippen molar-refractivity contribution in [3.8, 4) is 0 Å². The van der Waals surface area contributed by atoms with Crippen molar-refractivity contribution in [2.45, 2.75) is 12.8 Å². The topological polar surface area (TPSA) is 17.1 Å². The Kier molecular flexibility index (Phi) is 4.72. The van der Waals surface area contributed by atoms with Gasteiger partial charge in [0, 0.05) is 17.3 Å². The molecule has 4 heteroatoms. The van der Waals surface area contributed by atoms with E-state index in [2.05, 4.69) is 15.9 Å². The van der Waals surface area contributed by atoms with Crippen LogP contribution >= 0.6 is 27.5 Å². The van der Waals surface area contributed by atoms with Crippen LogP contribution in [0.5, 0.6) is 0 Å². The lowest BCUT2D eigenvalue weighted by Crippen LogP contribution is -2.08. The number of carbonyl (C=O) groups is 1. The molecule has 0 saturated carbocycles. The molecule has 0 radical (unpaired) electrons. The quantitative estimate of drug-likeness (QED) is 0.794. The van der Waals surface area contributed by atoms with Crippen molar-refractivity contribution in [3.05, 3.63) is 68.9 Å². The van der Waals surface area contributed by atoms with Gasteiger partial charge >= 0.3 is 0 Å². The van der Waals surface area contributed by atoms with Gasteiger partial charge in [-0.1, -0.05) is 51.8 Å². The van der Waals surface area contributed by atoms with Crippen molar-refractivity contribution in [2.24, 2.45) is 0 Å². The Morgan fingerprint density at radius 1 is 1.11 bits per heavy atom. The molecule has 0 unspecified atom stereocenters. The Morgan fingerprint density at radius 3 is 2.47 bits per heavy atom. The van der Waals surface area contributed by atoms with Gasteiger partial charge in [0.05, 0.1) is 5.02 Å². The van der Waals surface area contributed by atoms with Crippen molar-refractivity contribution in [2.75, 3.05) is 0 Å². The Morgan fingerprint density at radius 2 is 1.79 bits per heavy atom. The summed E-state index contributed by atoms with van der Waals surface area (Å²) in [7, 11) is 0. The van der Waals surface area contributed by atoms with Gasteiger partial charge in [-0.15, -0.1) is 0 Å². The van der Waals surface area contributed by atoms with Crippen molar-refractivity contribution in [3.63, 3.8) is 0 Å². The van der Waals surface area contributed by atoms with E-state index in [1.807, 2.05) is 24.3 Å². The highest BCUT2D eigenvalue weighted by molar-refractivity contribution is 9.10. The van der Waals surface area contributed by atoms with Crippen molar-refractivity contribution in [1.82, 2.24) is 0 Å². The lowest BCUT2D eigenvalue weighted by molar-refractivity contribution is -0.117. The molecule has 2 aromatic carbocycles. The molecule has 0 saturated heterocycles. The maximum Gasteiger partial charge on any atom is 0.145 e. The molecule has 0 fully saturated rings. The van der Waals surface area contributed by atoms with Gasteiger partial charge in [-0.05, 0) is 29.3 Å². The highest BCUT2D eigenvalue weighted by Crippen LogP contribution is 2.19. The maximum atomic E-state index is 13.7. The summed E-state index contributed by atoms with van der Waals surface area (Å²) < 4.78 is 14.6. The molecule has 0 aliphatic carbocycles. The molecular formula is C15H11BrClFO. The van der Waals surface area contributed by atoms with Gasteiger partial charge in [-0.3, -0.25) is 4.79 Å². The Labute approximate surface area is 124 Å². The van der Waals surface area contributed by atoms with Crippen LogP contribution in [0.4, 0.5) is 4.39 Å². The first-order valence-corrected chi connectivity index (χ1v) is 6.92. The SMILES string of the molecule is O=C(Cc1ccc(Br)cc1)Cc1cccc(Cl)c1F. The first-order valence-electron chi connectivity index (χ1n) is 5.75. The summed E-state index contributed by atoms with van der Waals surface area (Å²) in [6.07, 6.45) is 0.349. The second kappa shape index (κ2) is 6.31. The maximum absolute atomic E-state index is 13.7. The average Bonchev–Trinajstić information content (AvgIpc) is 2.38. The summed E-state index contributed by atoms with van der Waals surface area (Å²) >= 11 is 9.02. The number of Topliss-reactive ketones (excluding diaryl/α,β-unsaturated/α-hetero) is 1. The molecule has 0 atom stereocenters. The fourth-order valence-corrected chi connectivity index (χ4v) is 2.25. The zero-order valence-electron chi connectivity index (χ0n) is 10.00. The van der Waals surface area contributed by atoms with Gasteiger partial charge in [-0.25, -0.2) is 4.39 Å². The van der Waals surface area contributed by atoms with E-state index in [0.29, 0.717) is 12.0 Å². The molecule has 0 spiro atoms. The fourth-order valence-electron chi connectivity index (χ4n) is 1.79. The molecule has 0 N–H and O–H groups in total. The van der Waals surface area contributed by atoms with E-state index in [4.69, 9.17) is 11.6 Å². The van der Waals surface area contributed by atoms with Crippen molar-refractivity contribution in [1.29, 1.82) is 0 Å². The molecule has 0 heterocycles. The van der Waals surface area contributed by atoms with E-state index in [0.717, 1.165) is 10.0 Å². The Hall–Kier alpha value is -1.19. The zero-order valence-corrected chi connectivity index (χ0v) is 12.3. The highest BCUT2D eigenvalue weighted by Gasteiger charge is 2.11. The molecule has 2 aromatic rings. The van der Waals surface area contributed by atoms with Crippen LogP contribution in [0.1, 0.15) is 11.1 Å². The first kappa shape index (κ1) is 14.2. The number of hydrogen-bond acceptors (Lipinski definition) is 1. The monoisotopic (exact) mass is 340 g/mol. The number of hydrogen-bond donors (Lipinski definition) is 0. The zero-order chi connectivity index (χ0) is 13.8. The number of halogens is 3. The van der Waals surface area contributed by atoms with Gasteiger partial charge < -0.3 is 0 Å². The molecule has 0 aliphatic rings. The van der Waals surface area contributed by atoms with E-state index >= 15 is 0 Å². The molecule has 19 heavy (non-hydrogen) atoms. The molecule has 0 aromatic heterocycles. The second-order valence-electron chi connectivity index (χ2n) is 4.23. The van der Waals surface area contributed by atoms with E-state index < -0.39 is 5.82 Å². The summed E-state index contributed by atoms with van der Waals surface area (Å²) in [5, 5.41) is 0.0499. The van der Waals surface area contributed by atoms with Crippen LogP contribution in [-0.2, 0) is 17.6 Å². The number of ketones is 1. The van der Waals surface area contributed by atoms with Gasteiger partial charge in [-0.2, -0.15) is 0 Å². The van der Waals surface area contributed by atoms with Crippen LogP contribution < -0.4 is 0 Å². The minimum absolute atomic E-state index is 0.0384. The molecule has 0 aliphatic heterocycles. The third-order valence-electron chi connectivity index (χ3n) is 2.73. The van der Waals surface area contributed by atoms with Gasteiger partial charge in [0.25, 0.3) is 0 Å². The highest BCUT2D eigenvalue weighted by atomic mass is 79.9. The van der Waals surface area contributed by atoms with E-state index in [9.17, 15) is 9.18 Å². The molecular weight excluding hydrogens is 331 g/mol.